The molecule has 0 spiro atoms. The molecule has 0 fully saturated rings. The first-order valence-corrected chi connectivity index (χ1v) is 11.1. The van der Waals surface area contributed by atoms with Gasteiger partial charge in [-0.05, 0) is 45.2 Å². The molecule has 178 valence electrons. The van der Waals surface area contributed by atoms with Crippen LogP contribution in [0.4, 0.5) is 10.3 Å². The Hall–Kier alpha value is -3.31. The molecule has 2 heterocycles. The Morgan fingerprint density at radius 1 is 1.15 bits per heavy atom. The van der Waals surface area contributed by atoms with E-state index < -0.39 is 17.6 Å². The second-order valence-corrected chi connectivity index (χ2v) is 9.74. The topological polar surface area (TPSA) is 158 Å². The summed E-state index contributed by atoms with van der Waals surface area (Å²) in [6.07, 6.45) is 2.10. The zero-order valence-corrected chi connectivity index (χ0v) is 20.0. The number of fused-ring (bicyclic) bond motifs is 1. The second kappa shape index (κ2) is 10.5. The predicted octanol–water partition coefficient (Wildman–Crippen LogP) is 3.39. The first-order valence-electron chi connectivity index (χ1n) is 10.2. The third-order valence-corrected chi connectivity index (χ3v) is 5.10. The number of nitrogens with one attached hydrogen (secondary N) is 2. The van der Waals surface area contributed by atoms with Crippen molar-refractivity contribution in [2.24, 2.45) is 5.92 Å². The fraction of sp³-hybridized carbons (Fsp3) is 0.409. The highest BCUT2D eigenvalue weighted by molar-refractivity contribution is 7.19. The number of rotatable bonds is 7. The molecule has 11 heteroatoms. The highest BCUT2D eigenvalue weighted by Crippen LogP contribution is 2.29. The van der Waals surface area contributed by atoms with E-state index in [1.54, 1.807) is 24.4 Å². The molecule has 3 rings (SSSR count). The van der Waals surface area contributed by atoms with Gasteiger partial charge in [-0.15, -0.1) is 10.2 Å². The summed E-state index contributed by atoms with van der Waals surface area (Å²) in [6.45, 7) is 9.46. The Morgan fingerprint density at radius 3 is 2.52 bits per heavy atom. The van der Waals surface area contributed by atoms with Crippen molar-refractivity contribution in [3.8, 4) is 5.75 Å². The number of carbonyl (C=O) groups is 2. The molecular formula is C22H29N5O5S. The summed E-state index contributed by atoms with van der Waals surface area (Å²) in [5.41, 5.74) is -0.189. The van der Waals surface area contributed by atoms with Gasteiger partial charge in [-0.25, -0.2) is 4.79 Å². The van der Waals surface area contributed by atoms with Crippen molar-refractivity contribution in [2.45, 2.75) is 52.7 Å². The fourth-order valence-electron chi connectivity index (χ4n) is 3.02. The van der Waals surface area contributed by atoms with Crippen LogP contribution in [-0.2, 0) is 9.53 Å². The van der Waals surface area contributed by atoms with Crippen LogP contribution in [0.3, 0.4) is 0 Å². The first-order chi connectivity index (χ1) is 15.0. The van der Waals surface area contributed by atoms with E-state index in [9.17, 15) is 14.7 Å². The van der Waals surface area contributed by atoms with Gasteiger partial charge in [0.25, 0.3) is 5.91 Å². The van der Waals surface area contributed by atoms with Crippen LogP contribution in [0.15, 0.2) is 30.5 Å². The summed E-state index contributed by atoms with van der Waals surface area (Å²) in [4.78, 5) is 29.4. The fourth-order valence-corrected chi connectivity index (χ4v) is 3.71. The number of aromatic nitrogens is 3. The number of hydrogen-bond donors (Lipinski definition) is 3. The first kappa shape index (κ1) is 25.9. The van der Waals surface area contributed by atoms with Crippen LogP contribution in [0.5, 0.6) is 5.75 Å². The Balaban J connectivity index is 0.00000385. The third kappa shape index (κ3) is 6.83. The lowest BCUT2D eigenvalue weighted by molar-refractivity contribution is -0.156. The van der Waals surface area contributed by atoms with Crippen molar-refractivity contribution in [3.63, 3.8) is 0 Å². The van der Waals surface area contributed by atoms with Gasteiger partial charge in [0.05, 0.1) is 5.56 Å². The molecule has 1 aromatic carbocycles. The normalized spacial score (nSPS) is 12.2. The number of amides is 1. The van der Waals surface area contributed by atoms with E-state index in [0.29, 0.717) is 17.1 Å². The summed E-state index contributed by atoms with van der Waals surface area (Å²) < 4.78 is 5.50. The van der Waals surface area contributed by atoms with E-state index in [1.165, 1.54) is 6.07 Å². The molecule has 2 aromatic heterocycles. The number of aromatic hydroxyl groups is 1. The van der Waals surface area contributed by atoms with Gasteiger partial charge in [0.2, 0.25) is 10.3 Å². The maximum atomic E-state index is 12.7. The van der Waals surface area contributed by atoms with Crippen LogP contribution in [0.2, 0.25) is 0 Å². The van der Waals surface area contributed by atoms with Gasteiger partial charge in [-0.2, -0.15) is 0 Å². The molecule has 0 unspecified atom stereocenters. The third-order valence-electron chi connectivity index (χ3n) is 4.33. The van der Waals surface area contributed by atoms with Crippen LogP contribution in [0.25, 0.3) is 10.9 Å². The van der Waals surface area contributed by atoms with E-state index in [1.807, 2.05) is 34.6 Å². The monoisotopic (exact) mass is 475 g/mol. The molecule has 0 saturated carbocycles. The number of carbonyl (C=O) groups excluding carboxylic acids is 2. The summed E-state index contributed by atoms with van der Waals surface area (Å²) in [6, 6.07) is 6.19. The average Bonchev–Trinajstić information content (AvgIpc) is 3.13. The lowest BCUT2D eigenvalue weighted by Gasteiger charge is -2.25. The zero-order chi connectivity index (χ0) is 23.5. The maximum absolute atomic E-state index is 12.7. The summed E-state index contributed by atoms with van der Waals surface area (Å²) >= 11 is 1.09. The quantitative estimate of drug-likeness (QED) is 0.439. The van der Waals surface area contributed by atoms with Gasteiger partial charge >= 0.3 is 5.97 Å². The lowest BCUT2D eigenvalue weighted by Crippen LogP contribution is -2.37. The average molecular weight is 476 g/mol. The van der Waals surface area contributed by atoms with Crippen molar-refractivity contribution < 1.29 is 24.9 Å². The number of benzene rings is 1. The molecule has 5 N–H and O–H groups in total. The number of phenolic OH excluding ortho intramolecular Hbond substituents is 1. The summed E-state index contributed by atoms with van der Waals surface area (Å²) in [7, 11) is 0. The minimum absolute atomic E-state index is 0. The summed E-state index contributed by atoms with van der Waals surface area (Å²) in [5.74, 6) is -0.869. The number of nitrogens with zero attached hydrogens (tertiary/aromatic N) is 3. The predicted molar refractivity (Wildman–Crippen MR) is 128 cm³/mol. The molecule has 1 amide bonds. The van der Waals surface area contributed by atoms with Gasteiger partial charge in [-0.1, -0.05) is 37.3 Å². The molecule has 3 aromatic rings. The molecular weight excluding hydrogens is 446 g/mol. The van der Waals surface area contributed by atoms with Gasteiger partial charge < -0.3 is 20.6 Å². The van der Waals surface area contributed by atoms with Crippen LogP contribution < -0.4 is 10.6 Å². The minimum atomic E-state index is -0.606. The molecule has 10 nitrogen and oxygen atoms in total. The van der Waals surface area contributed by atoms with Crippen molar-refractivity contribution >= 4 is 44.4 Å². The Bertz CT molecular complexity index is 1130. The van der Waals surface area contributed by atoms with Crippen molar-refractivity contribution in [2.75, 3.05) is 10.6 Å². The number of phenols is 1. The highest BCUT2D eigenvalue weighted by atomic mass is 32.1. The molecule has 0 saturated heterocycles. The van der Waals surface area contributed by atoms with Crippen LogP contribution in [0, 0.1) is 5.92 Å². The number of ether oxygens (including phenoxy) is 1. The van der Waals surface area contributed by atoms with Gasteiger partial charge in [0, 0.05) is 11.6 Å². The molecule has 1 atom stereocenters. The SMILES string of the molecule is CC(C)C[C@H](Nc1nnc(NC(=O)c2ccc3cccnc3c2O)s1)C(=O)OC(C)(C)C.O. The standard InChI is InChI=1S/C22H27N5O4S.H2O/c1-12(2)11-15(19(30)31-22(3,4)5)24-20-26-27-21(32-20)25-18(29)14-9-8-13-7-6-10-23-16(13)17(14)28;/h6-10,12,15,28H,11H2,1-5H3,(H,24,26)(H,25,27,29);1H2/t15-;/m0./s1. The molecule has 0 bridgehead atoms. The number of esters is 1. The Labute approximate surface area is 195 Å². The Morgan fingerprint density at radius 2 is 1.85 bits per heavy atom. The number of pyridine rings is 1. The maximum Gasteiger partial charge on any atom is 0.329 e. The number of anilines is 2. The van der Waals surface area contributed by atoms with Crippen molar-refractivity contribution in [1.29, 1.82) is 0 Å². The van der Waals surface area contributed by atoms with Crippen molar-refractivity contribution in [3.05, 3.63) is 36.0 Å². The van der Waals surface area contributed by atoms with Crippen molar-refractivity contribution in [1.82, 2.24) is 15.2 Å². The van der Waals surface area contributed by atoms with Gasteiger partial charge in [-0.3, -0.25) is 15.1 Å². The zero-order valence-electron chi connectivity index (χ0n) is 19.2. The second-order valence-electron chi connectivity index (χ2n) is 8.76. The molecule has 0 aliphatic heterocycles. The van der Waals surface area contributed by atoms with E-state index in [4.69, 9.17) is 4.74 Å². The van der Waals surface area contributed by atoms with Crippen LogP contribution in [0.1, 0.15) is 51.4 Å². The highest BCUT2D eigenvalue weighted by Gasteiger charge is 2.27. The molecule has 33 heavy (non-hydrogen) atoms. The molecule has 0 aliphatic carbocycles. The van der Waals surface area contributed by atoms with Gasteiger partial charge in [0.15, 0.2) is 5.75 Å². The Kier molecular flexibility index (Phi) is 8.29. The van der Waals surface area contributed by atoms with E-state index >= 15 is 0 Å². The molecule has 0 radical (unpaired) electrons. The van der Waals surface area contributed by atoms with Crippen LogP contribution in [-0.4, -0.2) is 49.3 Å². The minimum Gasteiger partial charge on any atom is -0.505 e. The lowest BCUT2D eigenvalue weighted by atomic mass is 10.0. The van der Waals surface area contributed by atoms with Crippen LogP contribution >= 0.6 is 11.3 Å². The summed E-state index contributed by atoms with van der Waals surface area (Å²) in [5, 5.41) is 25.4. The molecule has 0 aliphatic rings. The number of hydrogen-bond acceptors (Lipinski definition) is 9. The van der Waals surface area contributed by atoms with E-state index in [2.05, 4.69) is 25.8 Å². The van der Waals surface area contributed by atoms with Gasteiger partial charge in [0.1, 0.15) is 17.2 Å². The van der Waals surface area contributed by atoms with E-state index in [-0.39, 0.29) is 33.8 Å². The van der Waals surface area contributed by atoms with E-state index in [0.717, 1.165) is 16.7 Å². The smallest absolute Gasteiger partial charge is 0.329 e. The largest absolute Gasteiger partial charge is 0.505 e.